The number of fused-ring (bicyclic) bond motifs is 1. The lowest BCUT2D eigenvalue weighted by molar-refractivity contribution is 0.0600. The molecule has 6 nitrogen and oxygen atoms in total. The number of halogens is 1. The van der Waals surface area contributed by atoms with Crippen molar-refractivity contribution >= 4 is 39.6 Å². The Morgan fingerprint density at radius 1 is 1.10 bits per heavy atom. The maximum absolute atomic E-state index is 12.2. The lowest BCUT2D eigenvalue weighted by Gasteiger charge is -2.02. The van der Waals surface area contributed by atoms with Gasteiger partial charge in [-0.05, 0) is 36.4 Å². The molecule has 0 atom stereocenters. The number of H-pyrrole nitrogens is 1. The van der Waals surface area contributed by atoms with E-state index in [-0.39, 0.29) is 16.4 Å². The Morgan fingerprint density at radius 2 is 1.86 bits per heavy atom. The molecule has 0 fully saturated rings. The number of para-hydroxylation sites is 1. The van der Waals surface area contributed by atoms with Crippen LogP contribution in [0, 0.1) is 0 Å². The van der Waals surface area contributed by atoms with Gasteiger partial charge in [0.05, 0.1) is 28.6 Å². The fraction of sp³-hybridized carbons (Fsp3) is 0.0455. The van der Waals surface area contributed by atoms with Crippen LogP contribution in [0.4, 0.5) is 0 Å². The summed E-state index contributed by atoms with van der Waals surface area (Å²) < 4.78 is 10.5. The Kier molecular flexibility index (Phi) is 5.01. The van der Waals surface area contributed by atoms with Gasteiger partial charge in [0, 0.05) is 11.6 Å². The Balaban J connectivity index is 1.62. The van der Waals surface area contributed by atoms with E-state index >= 15 is 0 Å². The summed E-state index contributed by atoms with van der Waals surface area (Å²) >= 11 is 6.36. The van der Waals surface area contributed by atoms with Gasteiger partial charge in [-0.3, -0.25) is 4.79 Å². The third-order valence-electron chi connectivity index (χ3n) is 4.33. The molecule has 0 aliphatic carbocycles. The van der Waals surface area contributed by atoms with E-state index in [1.807, 2.05) is 0 Å². The number of hydrogen-bond donors (Lipinski definition) is 1. The summed E-state index contributed by atoms with van der Waals surface area (Å²) in [4.78, 5) is 30.8. The Bertz CT molecular complexity index is 1290. The van der Waals surface area contributed by atoms with E-state index in [1.165, 1.54) is 7.11 Å². The molecule has 2 heterocycles. The highest BCUT2D eigenvalue weighted by molar-refractivity contribution is 6.50. The zero-order chi connectivity index (χ0) is 20.4. The van der Waals surface area contributed by atoms with Crippen molar-refractivity contribution in [2.75, 3.05) is 7.11 Å². The highest BCUT2D eigenvalue weighted by Crippen LogP contribution is 2.26. The summed E-state index contributed by atoms with van der Waals surface area (Å²) in [6, 6.07) is 17.4. The molecule has 4 rings (SSSR count). The molecule has 2 aromatic carbocycles. The minimum atomic E-state index is -0.400. The third-order valence-corrected chi connectivity index (χ3v) is 4.61. The highest BCUT2D eigenvalue weighted by Gasteiger charge is 2.10. The molecular formula is C22H15ClN2O4. The van der Waals surface area contributed by atoms with E-state index in [9.17, 15) is 9.59 Å². The predicted octanol–water partition coefficient (Wildman–Crippen LogP) is 4.71. The lowest BCUT2D eigenvalue weighted by atomic mass is 10.1. The second kappa shape index (κ2) is 7.77. The third kappa shape index (κ3) is 3.83. The van der Waals surface area contributed by atoms with Gasteiger partial charge in [-0.1, -0.05) is 35.9 Å². The molecule has 29 heavy (non-hydrogen) atoms. The number of esters is 1. The van der Waals surface area contributed by atoms with Crippen molar-refractivity contribution in [1.82, 2.24) is 9.97 Å². The van der Waals surface area contributed by atoms with Crippen LogP contribution in [0.5, 0.6) is 0 Å². The number of ether oxygens (including phenoxy) is 1. The van der Waals surface area contributed by atoms with Crippen molar-refractivity contribution in [2.45, 2.75) is 0 Å². The average molecular weight is 407 g/mol. The van der Waals surface area contributed by atoms with Gasteiger partial charge in [0.15, 0.2) is 5.82 Å². The van der Waals surface area contributed by atoms with Gasteiger partial charge in [-0.15, -0.1) is 0 Å². The summed E-state index contributed by atoms with van der Waals surface area (Å²) in [5, 5.41) is 0.742. The van der Waals surface area contributed by atoms with Gasteiger partial charge >= 0.3 is 5.97 Å². The zero-order valence-electron chi connectivity index (χ0n) is 15.3. The number of benzene rings is 2. The van der Waals surface area contributed by atoms with Crippen LogP contribution in [0.15, 0.2) is 69.9 Å². The Labute approximate surface area is 170 Å². The Hall–Kier alpha value is -3.64. The van der Waals surface area contributed by atoms with Crippen LogP contribution in [0.3, 0.4) is 0 Å². The van der Waals surface area contributed by atoms with Crippen LogP contribution in [-0.2, 0) is 4.74 Å². The maximum Gasteiger partial charge on any atom is 0.337 e. The van der Waals surface area contributed by atoms with E-state index in [2.05, 4.69) is 9.97 Å². The molecule has 0 aliphatic rings. The zero-order valence-corrected chi connectivity index (χ0v) is 16.1. The molecule has 0 saturated heterocycles. The number of furan rings is 1. The number of carbonyl (C=O) groups excluding carboxylic acids is 1. The molecule has 0 radical (unpaired) electrons. The lowest BCUT2D eigenvalue weighted by Crippen LogP contribution is -2.10. The van der Waals surface area contributed by atoms with E-state index in [0.29, 0.717) is 28.0 Å². The fourth-order valence-corrected chi connectivity index (χ4v) is 3.06. The fourth-order valence-electron chi connectivity index (χ4n) is 2.87. The van der Waals surface area contributed by atoms with Crippen LogP contribution in [0.25, 0.3) is 33.3 Å². The first kappa shape index (κ1) is 18.7. The highest BCUT2D eigenvalue weighted by atomic mass is 35.5. The molecule has 0 saturated carbocycles. The largest absolute Gasteiger partial charge is 0.465 e. The van der Waals surface area contributed by atoms with E-state index < -0.39 is 5.97 Å². The van der Waals surface area contributed by atoms with Gasteiger partial charge in [0.1, 0.15) is 11.5 Å². The van der Waals surface area contributed by atoms with Gasteiger partial charge in [-0.2, -0.15) is 0 Å². The summed E-state index contributed by atoms with van der Waals surface area (Å²) in [5.74, 6) is 0.967. The van der Waals surface area contributed by atoms with Crippen molar-refractivity contribution in [2.24, 2.45) is 0 Å². The SMILES string of the molecule is COC(=O)c1ccc(-c2ccc(/C=C(/Cl)c3nc4ccccc4c(=O)[nH]3)o2)cc1. The van der Waals surface area contributed by atoms with Gasteiger partial charge < -0.3 is 14.1 Å². The number of carbonyl (C=O) groups is 1. The average Bonchev–Trinajstić information content (AvgIpc) is 3.21. The first-order chi connectivity index (χ1) is 14.0. The number of hydrogen-bond acceptors (Lipinski definition) is 5. The van der Waals surface area contributed by atoms with Gasteiger partial charge in [0.2, 0.25) is 0 Å². The summed E-state index contributed by atoms with van der Waals surface area (Å²) in [6.45, 7) is 0. The molecule has 0 spiro atoms. The minimum absolute atomic E-state index is 0.245. The summed E-state index contributed by atoms with van der Waals surface area (Å²) in [7, 11) is 1.34. The van der Waals surface area contributed by atoms with Crippen molar-refractivity contribution in [3.8, 4) is 11.3 Å². The van der Waals surface area contributed by atoms with E-state index in [1.54, 1.807) is 66.7 Å². The topological polar surface area (TPSA) is 85.2 Å². The van der Waals surface area contributed by atoms with E-state index in [0.717, 1.165) is 5.56 Å². The number of nitrogens with zero attached hydrogens (tertiary/aromatic N) is 1. The van der Waals surface area contributed by atoms with Crippen LogP contribution in [0.2, 0.25) is 0 Å². The van der Waals surface area contributed by atoms with Crippen molar-refractivity contribution in [3.63, 3.8) is 0 Å². The maximum atomic E-state index is 12.2. The second-order valence-corrected chi connectivity index (χ2v) is 6.60. The molecule has 4 aromatic rings. The molecule has 0 aliphatic heterocycles. The number of nitrogens with one attached hydrogen (secondary N) is 1. The van der Waals surface area contributed by atoms with Crippen LogP contribution in [-0.4, -0.2) is 23.0 Å². The standard InChI is InChI=1S/C22H15ClN2O4/c1-28-22(27)14-8-6-13(7-9-14)19-11-10-15(29-19)12-17(23)20-24-18-5-3-2-4-16(18)21(26)25-20/h2-12H,1H3,(H,24,25,26)/b17-12+. The molecule has 7 heteroatoms. The smallest absolute Gasteiger partial charge is 0.337 e. The summed E-state index contributed by atoms with van der Waals surface area (Å²) in [5.41, 5.74) is 1.55. The first-order valence-corrected chi connectivity index (χ1v) is 9.08. The molecule has 144 valence electrons. The first-order valence-electron chi connectivity index (χ1n) is 8.70. The number of aromatic amines is 1. The normalized spacial score (nSPS) is 11.6. The minimum Gasteiger partial charge on any atom is -0.465 e. The quantitative estimate of drug-likeness (QED) is 0.496. The molecule has 0 bridgehead atoms. The number of methoxy groups -OCH3 is 1. The number of rotatable bonds is 4. The molecule has 0 amide bonds. The summed E-state index contributed by atoms with van der Waals surface area (Å²) in [6.07, 6.45) is 1.58. The molecule has 1 N–H and O–H groups in total. The molecule has 2 aromatic heterocycles. The Morgan fingerprint density at radius 3 is 2.62 bits per heavy atom. The van der Waals surface area contributed by atoms with Crippen LogP contribution >= 0.6 is 11.6 Å². The molecular weight excluding hydrogens is 392 g/mol. The molecule has 0 unspecified atom stereocenters. The second-order valence-electron chi connectivity index (χ2n) is 6.19. The van der Waals surface area contributed by atoms with Gasteiger partial charge in [0.25, 0.3) is 5.56 Å². The van der Waals surface area contributed by atoms with E-state index in [4.69, 9.17) is 20.8 Å². The predicted molar refractivity (Wildman–Crippen MR) is 112 cm³/mol. The van der Waals surface area contributed by atoms with Crippen molar-refractivity contribution in [3.05, 3.63) is 88.2 Å². The monoisotopic (exact) mass is 406 g/mol. The van der Waals surface area contributed by atoms with Crippen molar-refractivity contribution in [1.29, 1.82) is 0 Å². The van der Waals surface area contributed by atoms with Crippen molar-refractivity contribution < 1.29 is 13.9 Å². The number of aromatic nitrogens is 2. The van der Waals surface area contributed by atoms with Gasteiger partial charge in [-0.25, -0.2) is 9.78 Å². The van der Waals surface area contributed by atoms with Crippen LogP contribution in [0.1, 0.15) is 21.9 Å². The van der Waals surface area contributed by atoms with Crippen LogP contribution < -0.4 is 5.56 Å².